The molecule has 0 saturated heterocycles. The maximum atomic E-state index is 12.4. The lowest BCUT2D eigenvalue weighted by molar-refractivity contribution is -0.139. The van der Waals surface area contributed by atoms with E-state index < -0.39 is 0 Å². The number of nitrogens with zero attached hydrogens (tertiary/aromatic N) is 1. The number of rotatable bonds is 5. The lowest BCUT2D eigenvalue weighted by Crippen LogP contribution is -2.32. The zero-order valence-electron chi connectivity index (χ0n) is 13.9. The van der Waals surface area contributed by atoms with Gasteiger partial charge >= 0.3 is 5.97 Å². The van der Waals surface area contributed by atoms with Crippen LogP contribution in [0.2, 0.25) is 0 Å². The Morgan fingerprint density at radius 3 is 2.44 bits per heavy atom. The SMILES string of the molecule is CC(=O)OCC#Cc1ccccc1N(Cc1ccccc1)C(=O)CCl. The average molecular weight is 356 g/mol. The fourth-order valence-corrected chi connectivity index (χ4v) is 2.37. The van der Waals surface area contributed by atoms with Gasteiger partial charge in [0.1, 0.15) is 5.88 Å². The largest absolute Gasteiger partial charge is 0.453 e. The van der Waals surface area contributed by atoms with Gasteiger partial charge in [0, 0.05) is 12.5 Å². The molecule has 0 saturated carbocycles. The molecule has 0 N–H and O–H groups in total. The number of amides is 1. The maximum absolute atomic E-state index is 12.4. The molecule has 0 unspecified atom stereocenters. The molecular formula is C20H18ClNO3. The standard InChI is InChI=1S/C20H18ClNO3/c1-16(23)25-13-7-11-18-10-5-6-12-19(18)22(20(24)14-21)15-17-8-3-2-4-9-17/h2-6,8-10,12H,13-15H2,1H3. The normalized spacial score (nSPS) is 9.68. The molecule has 0 spiro atoms. The predicted octanol–water partition coefficient (Wildman–Crippen LogP) is 3.37. The smallest absolute Gasteiger partial charge is 0.303 e. The van der Waals surface area contributed by atoms with Crippen LogP contribution in [0, 0.1) is 11.8 Å². The highest BCUT2D eigenvalue weighted by Gasteiger charge is 2.17. The van der Waals surface area contributed by atoms with Crippen molar-refractivity contribution >= 4 is 29.2 Å². The van der Waals surface area contributed by atoms with Crippen molar-refractivity contribution in [1.29, 1.82) is 0 Å². The second kappa shape index (κ2) is 9.51. The van der Waals surface area contributed by atoms with Crippen molar-refractivity contribution in [2.24, 2.45) is 0 Å². The summed E-state index contributed by atoms with van der Waals surface area (Å²) in [7, 11) is 0. The summed E-state index contributed by atoms with van der Waals surface area (Å²) >= 11 is 5.79. The van der Waals surface area contributed by atoms with Crippen LogP contribution in [0.3, 0.4) is 0 Å². The monoisotopic (exact) mass is 355 g/mol. The van der Waals surface area contributed by atoms with Crippen molar-refractivity contribution in [3.05, 3.63) is 65.7 Å². The van der Waals surface area contributed by atoms with Crippen LogP contribution < -0.4 is 4.90 Å². The number of carbonyl (C=O) groups excluding carboxylic acids is 2. The molecular weight excluding hydrogens is 338 g/mol. The summed E-state index contributed by atoms with van der Waals surface area (Å²) in [5.41, 5.74) is 2.33. The van der Waals surface area contributed by atoms with Crippen LogP contribution in [-0.4, -0.2) is 24.4 Å². The van der Waals surface area contributed by atoms with Gasteiger partial charge < -0.3 is 9.64 Å². The maximum Gasteiger partial charge on any atom is 0.303 e. The van der Waals surface area contributed by atoms with Gasteiger partial charge in [0.05, 0.1) is 12.2 Å². The molecule has 4 nitrogen and oxygen atoms in total. The Hall–Kier alpha value is -2.77. The number of esters is 1. The lowest BCUT2D eigenvalue weighted by atomic mass is 10.1. The Kier molecular flexibility index (Phi) is 7.06. The molecule has 2 aromatic carbocycles. The third kappa shape index (κ3) is 5.66. The first kappa shape index (κ1) is 18.6. The first-order valence-corrected chi connectivity index (χ1v) is 8.26. The highest BCUT2D eigenvalue weighted by Crippen LogP contribution is 2.22. The minimum absolute atomic E-state index is 0.00576. The zero-order valence-corrected chi connectivity index (χ0v) is 14.6. The number of hydrogen-bond acceptors (Lipinski definition) is 3. The van der Waals surface area contributed by atoms with Crippen LogP contribution in [0.15, 0.2) is 54.6 Å². The van der Waals surface area contributed by atoms with E-state index in [-0.39, 0.29) is 24.4 Å². The number of carbonyl (C=O) groups is 2. The molecule has 25 heavy (non-hydrogen) atoms. The Morgan fingerprint density at radius 1 is 1.08 bits per heavy atom. The third-order valence-corrected chi connectivity index (χ3v) is 3.59. The first-order valence-electron chi connectivity index (χ1n) is 7.73. The van der Waals surface area contributed by atoms with Crippen molar-refractivity contribution in [3.8, 4) is 11.8 Å². The van der Waals surface area contributed by atoms with Gasteiger partial charge in [-0.15, -0.1) is 11.6 Å². The summed E-state index contributed by atoms with van der Waals surface area (Å²) < 4.78 is 4.81. The van der Waals surface area contributed by atoms with Crippen LogP contribution in [0.5, 0.6) is 0 Å². The quantitative estimate of drug-likeness (QED) is 0.469. The van der Waals surface area contributed by atoms with Crippen LogP contribution in [0.25, 0.3) is 0 Å². The van der Waals surface area contributed by atoms with Gasteiger partial charge in [-0.05, 0) is 17.7 Å². The van der Waals surface area contributed by atoms with Crippen molar-refractivity contribution in [2.75, 3.05) is 17.4 Å². The number of ether oxygens (including phenoxy) is 1. The topological polar surface area (TPSA) is 46.6 Å². The van der Waals surface area contributed by atoms with Gasteiger partial charge in [0.25, 0.3) is 0 Å². The molecule has 0 heterocycles. The van der Waals surface area contributed by atoms with Gasteiger partial charge in [0.2, 0.25) is 5.91 Å². The van der Waals surface area contributed by atoms with Gasteiger partial charge in [-0.2, -0.15) is 0 Å². The number of benzene rings is 2. The number of anilines is 1. The Bertz CT molecular complexity index is 793. The molecule has 128 valence electrons. The van der Waals surface area contributed by atoms with Gasteiger partial charge in [-0.25, -0.2) is 0 Å². The fourth-order valence-electron chi connectivity index (χ4n) is 2.23. The van der Waals surface area contributed by atoms with E-state index in [0.717, 1.165) is 5.56 Å². The van der Waals surface area contributed by atoms with E-state index in [9.17, 15) is 9.59 Å². The molecule has 0 radical (unpaired) electrons. The molecule has 0 aliphatic rings. The van der Waals surface area contributed by atoms with Crippen molar-refractivity contribution in [2.45, 2.75) is 13.5 Å². The fraction of sp³-hybridized carbons (Fsp3) is 0.200. The molecule has 0 aromatic heterocycles. The van der Waals surface area contributed by atoms with E-state index in [0.29, 0.717) is 17.8 Å². The van der Waals surface area contributed by atoms with Crippen molar-refractivity contribution < 1.29 is 14.3 Å². The van der Waals surface area contributed by atoms with E-state index >= 15 is 0 Å². The summed E-state index contributed by atoms with van der Waals surface area (Å²) in [6.07, 6.45) is 0. The van der Waals surface area contributed by atoms with E-state index in [2.05, 4.69) is 11.8 Å². The summed E-state index contributed by atoms with van der Waals surface area (Å²) in [4.78, 5) is 24.8. The van der Waals surface area contributed by atoms with Crippen LogP contribution in [0.1, 0.15) is 18.1 Å². The van der Waals surface area contributed by atoms with Crippen LogP contribution >= 0.6 is 11.6 Å². The van der Waals surface area contributed by atoms with Crippen LogP contribution in [-0.2, 0) is 20.9 Å². The van der Waals surface area contributed by atoms with Gasteiger partial charge in [0.15, 0.2) is 6.61 Å². The van der Waals surface area contributed by atoms with Crippen LogP contribution in [0.4, 0.5) is 5.69 Å². The lowest BCUT2D eigenvalue weighted by Gasteiger charge is -2.23. The Morgan fingerprint density at radius 2 is 1.76 bits per heavy atom. The summed E-state index contributed by atoms with van der Waals surface area (Å²) in [6.45, 7) is 1.73. The number of halogens is 1. The summed E-state index contributed by atoms with van der Waals surface area (Å²) in [5, 5.41) is 0. The minimum atomic E-state index is -0.384. The van der Waals surface area contributed by atoms with Crippen molar-refractivity contribution in [3.63, 3.8) is 0 Å². The van der Waals surface area contributed by atoms with E-state index in [1.807, 2.05) is 54.6 Å². The first-order chi connectivity index (χ1) is 12.1. The number of alkyl halides is 1. The highest BCUT2D eigenvalue weighted by atomic mass is 35.5. The number of hydrogen-bond donors (Lipinski definition) is 0. The Labute approximate surface area is 152 Å². The second-order valence-electron chi connectivity index (χ2n) is 5.20. The van der Waals surface area contributed by atoms with Crippen molar-refractivity contribution in [1.82, 2.24) is 0 Å². The molecule has 2 aromatic rings. The second-order valence-corrected chi connectivity index (χ2v) is 5.47. The minimum Gasteiger partial charge on any atom is -0.453 e. The molecule has 1 amide bonds. The summed E-state index contributed by atoms with van der Waals surface area (Å²) in [5.74, 6) is 5.02. The molecule has 0 fully saturated rings. The average Bonchev–Trinajstić information content (AvgIpc) is 2.64. The van der Waals surface area contributed by atoms with E-state index in [4.69, 9.17) is 16.3 Å². The van der Waals surface area contributed by atoms with Gasteiger partial charge in [-0.1, -0.05) is 54.3 Å². The molecule has 5 heteroatoms. The van der Waals surface area contributed by atoms with E-state index in [1.165, 1.54) is 6.92 Å². The van der Waals surface area contributed by atoms with Gasteiger partial charge in [-0.3, -0.25) is 9.59 Å². The molecule has 0 aliphatic heterocycles. The highest BCUT2D eigenvalue weighted by molar-refractivity contribution is 6.29. The Balaban J connectivity index is 2.30. The third-order valence-electron chi connectivity index (χ3n) is 3.36. The zero-order chi connectivity index (χ0) is 18.1. The molecule has 0 bridgehead atoms. The molecule has 2 rings (SSSR count). The van der Waals surface area contributed by atoms with E-state index in [1.54, 1.807) is 4.90 Å². The summed E-state index contributed by atoms with van der Waals surface area (Å²) in [6, 6.07) is 17.0. The molecule has 0 aliphatic carbocycles. The number of para-hydroxylation sites is 1. The predicted molar refractivity (Wildman–Crippen MR) is 98.3 cm³/mol. The molecule has 0 atom stereocenters.